The number of halogens is 1. The van der Waals surface area contributed by atoms with Gasteiger partial charge in [0.15, 0.2) is 0 Å². The van der Waals surface area contributed by atoms with Gasteiger partial charge in [0.1, 0.15) is 28.8 Å². The van der Waals surface area contributed by atoms with Crippen molar-refractivity contribution in [3.8, 4) is 0 Å². The van der Waals surface area contributed by atoms with Gasteiger partial charge in [0.25, 0.3) is 0 Å². The van der Waals surface area contributed by atoms with Crippen LogP contribution in [0.4, 0.5) is 11.6 Å². The molecule has 4 N–H and O–H groups in total. The third kappa shape index (κ3) is 2.40. The Morgan fingerprint density at radius 2 is 2.25 bits per heavy atom. The molecule has 2 heterocycles. The molecule has 0 radical (unpaired) electrons. The second kappa shape index (κ2) is 4.80. The van der Waals surface area contributed by atoms with Gasteiger partial charge in [-0.2, -0.15) is 0 Å². The van der Waals surface area contributed by atoms with Crippen molar-refractivity contribution in [1.29, 1.82) is 0 Å². The molecule has 2 aromatic heterocycles. The lowest BCUT2D eigenvalue weighted by Gasteiger charge is -2.06. The van der Waals surface area contributed by atoms with Gasteiger partial charge >= 0.3 is 0 Å². The molecule has 0 saturated heterocycles. The summed E-state index contributed by atoms with van der Waals surface area (Å²) in [7, 11) is 0. The van der Waals surface area contributed by atoms with E-state index in [0.717, 1.165) is 12.2 Å². The fraction of sp³-hybridized carbons (Fsp3) is 0.222. The third-order valence-electron chi connectivity index (χ3n) is 2.03. The number of hydrogen-bond donors (Lipinski definition) is 3. The lowest BCUT2D eigenvalue weighted by atomic mass is 10.4. The van der Waals surface area contributed by atoms with E-state index in [1.54, 1.807) is 12.4 Å². The van der Waals surface area contributed by atoms with Crippen molar-refractivity contribution in [2.45, 2.75) is 6.42 Å². The SMILES string of the molecule is Nc1ncnc(NCCc2ncc[nH]2)c1Cl. The summed E-state index contributed by atoms with van der Waals surface area (Å²) in [6.45, 7) is 0.670. The molecule has 0 aliphatic heterocycles. The summed E-state index contributed by atoms with van der Waals surface area (Å²) in [5.41, 5.74) is 5.55. The Morgan fingerprint density at radius 1 is 1.38 bits per heavy atom. The zero-order valence-electron chi connectivity index (χ0n) is 8.44. The van der Waals surface area contributed by atoms with E-state index in [4.69, 9.17) is 17.3 Å². The number of hydrogen-bond acceptors (Lipinski definition) is 5. The Labute approximate surface area is 97.3 Å². The van der Waals surface area contributed by atoms with Crippen LogP contribution in [-0.4, -0.2) is 26.5 Å². The van der Waals surface area contributed by atoms with Crippen LogP contribution in [0, 0.1) is 0 Å². The Kier molecular flexibility index (Phi) is 3.21. The molecule has 0 atom stereocenters. The van der Waals surface area contributed by atoms with Crippen molar-refractivity contribution in [3.05, 3.63) is 29.6 Å². The van der Waals surface area contributed by atoms with E-state index in [9.17, 15) is 0 Å². The Balaban J connectivity index is 1.92. The van der Waals surface area contributed by atoms with E-state index < -0.39 is 0 Å². The molecule has 0 unspecified atom stereocenters. The van der Waals surface area contributed by atoms with E-state index in [1.165, 1.54) is 6.33 Å². The molecule has 0 aliphatic carbocycles. The summed E-state index contributed by atoms with van der Waals surface area (Å²) < 4.78 is 0. The maximum atomic E-state index is 5.92. The molecule has 0 fully saturated rings. The first-order valence-electron chi connectivity index (χ1n) is 4.75. The molecule has 0 amide bonds. The van der Waals surface area contributed by atoms with Crippen LogP contribution in [-0.2, 0) is 6.42 Å². The van der Waals surface area contributed by atoms with Crippen molar-refractivity contribution in [2.24, 2.45) is 0 Å². The predicted octanol–water partition coefficient (Wildman–Crippen LogP) is 1.09. The quantitative estimate of drug-likeness (QED) is 0.742. The molecular weight excluding hydrogens is 228 g/mol. The molecule has 0 bridgehead atoms. The average molecular weight is 239 g/mol. The van der Waals surface area contributed by atoms with Crippen LogP contribution in [0.1, 0.15) is 5.82 Å². The zero-order chi connectivity index (χ0) is 11.4. The standard InChI is InChI=1S/C9H11ClN6/c10-7-8(11)15-5-16-9(7)14-2-1-6-12-3-4-13-6/h3-5H,1-2H2,(H,12,13)(H3,11,14,15,16). The largest absolute Gasteiger partial charge is 0.382 e. The topological polar surface area (TPSA) is 92.5 Å². The normalized spacial score (nSPS) is 10.3. The zero-order valence-corrected chi connectivity index (χ0v) is 9.20. The van der Waals surface area contributed by atoms with Crippen LogP contribution in [0.5, 0.6) is 0 Å². The number of rotatable bonds is 4. The number of aromatic nitrogens is 4. The molecule has 2 aromatic rings. The van der Waals surface area contributed by atoms with Crippen LogP contribution < -0.4 is 11.1 Å². The molecule has 16 heavy (non-hydrogen) atoms. The number of H-pyrrole nitrogens is 1. The van der Waals surface area contributed by atoms with E-state index >= 15 is 0 Å². The van der Waals surface area contributed by atoms with Crippen molar-refractivity contribution >= 4 is 23.2 Å². The van der Waals surface area contributed by atoms with Crippen LogP contribution in [0.2, 0.25) is 5.02 Å². The number of nitrogens with one attached hydrogen (secondary N) is 2. The molecule has 7 heteroatoms. The summed E-state index contributed by atoms with van der Waals surface area (Å²) in [6, 6.07) is 0. The highest BCUT2D eigenvalue weighted by Gasteiger charge is 2.05. The second-order valence-corrected chi connectivity index (χ2v) is 3.51. The number of nitrogen functional groups attached to an aromatic ring is 1. The molecule has 84 valence electrons. The van der Waals surface area contributed by atoms with Crippen molar-refractivity contribution in [2.75, 3.05) is 17.6 Å². The van der Waals surface area contributed by atoms with Gasteiger partial charge in [-0.25, -0.2) is 15.0 Å². The van der Waals surface area contributed by atoms with Gasteiger partial charge in [0.2, 0.25) is 0 Å². The van der Waals surface area contributed by atoms with Gasteiger partial charge in [-0.3, -0.25) is 0 Å². The van der Waals surface area contributed by atoms with Crippen LogP contribution in [0.15, 0.2) is 18.7 Å². The highest BCUT2D eigenvalue weighted by molar-refractivity contribution is 6.35. The minimum atomic E-state index is 0.275. The number of nitrogens with two attached hydrogens (primary N) is 1. The van der Waals surface area contributed by atoms with E-state index in [-0.39, 0.29) is 5.82 Å². The maximum absolute atomic E-state index is 5.92. The van der Waals surface area contributed by atoms with Crippen LogP contribution >= 0.6 is 11.6 Å². The van der Waals surface area contributed by atoms with Crippen molar-refractivity contribution in [1.82, 2.24) is 19.9 Å². The average Bonchev–Trinajstić information content (AvgIpc) is 2.77. The number of aromatic amines is 1. The Morgan fingerprint density at radius 3 is 3.00 bits per heavy atom. The van der Waals surface area contributed by atoms with Gasteiger partial charge in [0, 0.05) is 25.4 Å². The first kappa shape index (κ1) is 10.7. The second-order valence-electron chi connectivity index (χ2n) is 3.13. The van der Waals surface area contributed by atoms with E-state index in [0.29, 0.717) is 17.4 Å². The minimum absolute atomic E-state index is 0.275. The summed E-state index contributed by atoms with van der Waals surface area (Å²) in [6.07, 6.45) is 5.62. The summed E-state index contributed by atoms with van der Waals surface area (Å²) in [4.78, 5) is 14.9. The summed E-state index contributed by atoms with van der Waals surface area (Å²) in [5, 5.41) is 3.42. The molecular formula is C9H11ClN6. The van der Waals surface area contributed by atoms with Gasteiger partial charge < -0.3 is 16.0 Å². The Bertz CT molecular complexity index is 455. The fourth-order valence-corrected chi connectivity index (χ4v) is 1.41. The van der Waals surface area contributed by atoms with Crippen LogP contribution in [0.25, 0.3) is 0 Å². The molecule has 6 nitrogen and oxygen atoms in total. The van der Waals surface area contributed by atoms with Crippen molar-refractivity contribution in [3.63, 3.8) is 0 Å². The van der Waals surface area contributed by atoms with Gasteiger partial charge in [-0.15, -0.1) is 0 Å². The molecule has 0 aromatic carbocycles. The molecule has 2 rings (SSSR count). The van der Waals surface area contributed by atoms with E-state index in [2.05, 4.69) is 25.3 Å². The lowest BCUT2D eigenvalue weighted by Crippen LogP contribution is -2.08. The number of nitrogens with zero attached hydrogens (tertiary/aromatic N) is 3. The third-order valence-corrected chi connectivity index (χ3v) is 2.40. The van der Waals surface area contributed by atoms with Gasteiger partial charge in [0.05, 0.1) is 0 Å². The van der Waals surface area contributed by atoms with Gasteiger partial charge in [-0.1, -0.05) is 11.6 Å². The monoisotopic (exact) mass is 238 g/mol. The predicted molar refractivity (Wildman–Crippen MR) is 62.2 cm³/mol. The molecule has 0 saturated carbocycles. The van der Waals surface area contributed by atoms with Crippen LogP contribution in [0.3, 0.4) is 0 Å². The van der Waals surface area contributed by atoms with Gasteiger partial charge in [-0.05, 0) is 0 Å². The smallest absolute Gasteiger partial charge is 0.150 e. The first-order chi connectivity index (χ1) is 7.77. The highest BCUT2D eigenvalue weighted by atomic mass is 35.5. The number of imidazole rings is 1. The minimum Gasteiger partial charge on any atom is -0.382 e. The first-order valence-corrected chi connectivity index (χ1v) is 5.13. The molecule has 0 spiro atoms. The van der Waals surface area contributed by atoms with Crippen molar-refractivity contribution < 1.29 is 0 Å². The highest BCUT2D eigenvalue weighted by Crippen LogP contribution is 2.22. The molecule has 0 aliphatic rings. The van der Waals surface area contributed by atoms with E-state index in [1.807, 2.05) is 0 Å². The summed E-state index contributed by atoms with van der Waals surface area (Å²) in [5.74, 6) is 1.73. The number of anilines is 2. The Hall–Kier alpha value is -1.82. The maximum Gasteiger partial charge on any atom is 0.150 e. The summed E-state index contributed by atoms with van der Waals surface area (Å²) >= 11 is 5.92. The lowest BCUT2D eigenvalue weighted by molar-refractivity contribution is 0.920. The fourth-order valence-electron chi connectivity index (χ4n) is 1.24.